The van der Waals surface area contributed by atoms with E-state index in [1.54, 1.807) is 54.1 Å². The number of halogens is 2. The quantitative estimate of drug-likeness (QED) is 0.257. The fourth-order valence-electron chi connectivity index (χ4n) is 10.6. The highest BCUT2D eigenvalue weighted by molar-refractivity contribution is 6.23. The van der Waals surface area contributed by atoms with E-state index in [4.69, 9.17) is 9.94 Å². The van der Waals surface area contributed by atoms with Gasteiger partial charge in [0.25, 0.3) is 17.7 Å². The molecule has 3 atom stereocenters. The summed E-state index contributed by atoms with van der Waals surface area (Å²) in [6.45, 7) is 3.09. The number of amides is 5. The Balaban J connectivity index is 0.773. The Bertz CT molecular complexity index is 2640. The smallest absolute Gasteiger partial charge is 0.262 e. The summed E-state index contributed by atoms with van der Waals surface area (Å²) in [7, 11) is 1.78. The van der Waals surface area contributed by atoms with Crippen LogP contribution in [-0.2, 0) is 32.1 Å². The number of nitrogens with one attached hydrogen (secondary N) is 2. The fourth-order valence-corrected chi connectivity index (χ4v) is 10.6. The highest BCUT2D eigenvalue weighted by atomic mass is 19.3. The summed E-state index contributed by atoms with van der Waals surface area (Å²) in [5.74, 6) is -5.76. The van der Waals surface area contributed by atoms with E-state index in [0.717, 1.165) is 58.5 Å². The van der Waals surface area contributed by atoms with E-state index in [1.165, 1.54) is 11.4 Å². The van der Waals surface area contributed by atoms with Gasteiger partial charge in [0.05, 0.1) is 28.7 Å². The first kappa shape index (κ1) is 35.8. The van der Waals surface area contributed by atoms with Gasteiger partial charge in [0.2, 0.25) is 17.7 Å². The van der Waals surface area contributed by atoms with Crippen LogP contribution in [0.4, 0.5) is 20.2 Å². The highest BCUT2D eigenvalue weighted by Gasteiger charge is 2.78. The van der Waals surface area contributed by atoms with Crippen LogP contribution in [0.2, 0.25) is 0 Å². The first-order valence-corrected chi connectivity index (χ1v) is 20.0. The molecule has 59 heavy (non-hydrogen) atoms. The van der Waals surface area contributed by atoms with Gasteiger partial charge in [0, 0.05) is 78.1 Å². The Kier molecular flexibility index (Phi) is 7.35. The topological polar surface area (TPSA) is 153 Å². The van der Waals surface area contributed by atoms with Gasteiger partial charge >= 0.3 is 0 Å². The van der Waals surface area contributed by atoms with E-state index in [0.29, 0.717) is 23.6 Å². The molecule has 7 aliphatic rings. The van der Waals surface area contributed by atoms with Crippen LogP contribution < -0.4 is 20.3 Å². The maximum absolute atomic E-state index is 15.0. The summed E-state index contributed by atoms with van der Waals surface area (Å²) in [4.78, 5) is 80.2. The molecular formula is C43H40F2N8O6. The first-order chi connectivity index (χ1) is 28.2. The minimum atomic E-state index is -2.76. The van der Waals surface area contributed by atoms with Crippen molar-refractivity contribution in [2.75, 3.05) is 35.1 Å². The van der Waals surface area contributed by atoms with E-state index in [9.17, 15) is 24.0 Å². The van der Waals surface area contributed by atoms with Gasteiger partial charge in [-0.15, -0.1) is 15.1 Å². The lowest BCUT2D eigenvalue weighted by Gasteiger charge is -2.45. The van der Waals surface area contributed by atoms with Gasteiger partial charge in [0.1, 0.15) is 18.0 Å². The predicted molar refractivity (Wildman–Crippen MR) is 210 cm³/mol. The van der Waals surface area contributed by atoms with Crippen molar-refractivity contribution in [1.29, 1.82) is 0 Å². The molecule has 11 rings (SSSR count). The van der Waals surface area contributed by atoms with E-state index >= 15 is 8.78 Å². The summed E-state index contributed by atoms with van der Waals surface area (Å²) >= 11 is 0. The van der Waals surface area contributed by atoms with Gasteiger partial charge in [-0.25, -0.2) is 8.78 Å². The second kappa shape index (κ2) is 12.1. The van der Waals surface area contributed by atoms with Gasteiger partial charge < -0.3 is 19.6 Å². The van der Waals surface area contributed by atoms with E-state index in [-0.39, 0.29) is 54.1 Å². The van der Waals surface area contributed by atoms with Crippen LogP contribution in [-0.4, -0.2) is 81.4 Å². The van der Waals surface area contributed by atoms with Gasteiger partial charge in [-0.05, 0) is 86.1 Å². The number of nitrogens with zero attached hydrogens (tertiary/aromatic N) is 6. The third-order valence-electron chi connectivity index (χ3n) is 14.2. The second-order valence-electron chi connectivity index (χ2n) is 17.5. The lowest BCUT2D eigenvalue weighted by molar-refractivity contribution is -0.136. The number of anilines is 2. The Labute approximate surface area is 336 Å². The molecule has 4 aromatic rings. The molecule has 302 valence electrons. The molecule has 1 unspecified atom stereocenters. The Hall–Kier alpha value is -6.32. The van der Waals surface area contributed by atoms with E-state index in [1.807, 2.05) is 30.3 Å². The zero-order valence-electron chi connectivity index (χ0n) is 32.3. The van der Waals surface area contributed by atoms with E-state index < -0.39 is 46.9 Å². The monoisotopic (exact) mass is 802 g/mol. The molecule has 1 spiro atoms. The molecule has 0 radical (unpaired) electrons. The Morgan fingerprint density at radius 3 is 2.61 bits per heavy atom. The molecule has 14 nitrogen and oxygen atoms in total. The molecule has 3 aliphatic carbocycles. The van der Waals surface area contributed by atoms with Crippen molar-refractivity contribution in [1.82, 2.24) is 25.1 Å². The number of fused-ring (bicyclic) bond motifs is 4. The summed E-state index contributed by atoms with van der Waals surface area (Å²) in [5, 5.41) is 9.46. The molecule has 2 aromatic carbocycles. The standard InChI is InChI=1S/C43H40F2N8O6/c1-41-21-33-29(18-34(41)43(41,44)45)36(48-53(33)51-12-3-4-14-59-51)31-15-23-5-6-25(17-30(23)46-31)49(2)38(56)24-19-42(20-24)11-13-50(22-42)26-7-8-27-28(16-26)40(58)52(39(27)57)32-9-10-35(54)47-37(32)55/h3-8,12,14-17,24,32,34,46H,9-11,13,18-22H2,1-2H3,(H,47,54,55)/t24?,32?,34-,41+,42?/m0/s1. The second-order valence-corrected chi connectivity index (χ2v) is 17.5. The van der Waals surface area contributed by atoms with Crippen molar-refractivity contribution < 1.29 is 37.6 Å². The van der Waals surface area contributed by atoms with Crippen molar-refractivity contribution in [3.05, 3.63) is 89.5 Å². The summed E-state index contributed by atoms with van der Waals surface area (Å²) in [5.41, 5.74) is 4.42. The SMILES string of the molecule is CN(C(=O)C1CC2(CCN(c3ccc4c(c3)C(=O)N(C3CCC(=O)NC3=O)C4=O)C2)C1)c1ccc2cc(-c3nn(N4C=CC=CO4)c4c3C[C@@H]3C(F)(F)[C@]3(C)C4)[nH]c2c1. The average molecular weight is 803 g/mol. The van der Waals surface area contributed by atoms with Crippen LogP contribution >= 0.6 is 0 Å². The van der Waals surface area contributed by atoms with Crippen LogP contribution in [0.3, 0.4) is 0 Å². The van der Waals surface area contributed by atoms with Crippen LogP contribution in [0.25, 0.3) is 22.3 Å². The Morgan fingerprint density at radius 2 is 1.83 bits per heavy atom. The maximum Gasteiger partial charge on any atom is 0.262 e. The number of alkyl halides is 2. The highest BCUT2D eigenvalue weighted by Crippen LogP contribution is 2.70. The van der Waals surface area contributed by atoms with Crippen LogP contribution in [0.1, 0.15) is 71.0 Å². The molecule has 0 bridgehead atoms. The molecule has 2 N–H and O–H groups in total. The summed E-state index contributed by atoms with van der Waals surface area (Å²) < 4.78 is 30.0. The van der Waals surface area contributed by atoms with Crippen molar-refractivity contribution in [2.45, 2.75) is 63.8 Å². The molecule has 2 aromatic heterocycles. The number of hydrogen-bond acceptors (Lipinski definition) is 9. The average Bonchev–Trinajstić information content (AvgIpc) is 3.85. The Morgan fingerprint density at radius 1 is 1.02 bits per heavy atom. The van der Waals surface area contributed by atoms with Crippen LogP contribution in [0, 0.1) is 22.7 Å². The molecule has 2 saturated carbocycles. The number of hydrogen-bond donors (Lipinski definition) is 2. The van der Waals surface area contributed by atoms with Crippen LogP contribution in [0.15, 0.2) is 67.1 Å². The third-order valence-corrected chi connectivity index (χ3v) is 14.2. The number of rotatable bonds is 6. The molecule has 4 aliphatic heterocycles. The summed E-state index contributed by atoms with van der Waals surface area (Å²) in [6, 6.07) is 11.9. The first-order valence-electron chi connectivity index (χ1n) is 20.0. The third kappa shape index (κ3) is 5.13. The van der Waals surface area contributed by atoms with Crippen molar-refractivity contribution in [2.24, 2.45) is 22.7 Å². The fraction of sp³-hybridized carbons (Fsp3) is 0.395. The number of carbonyl (C=O) groups is 5. The number of H-pyrrole nitrogens is 1. The summed E-state index contributed by atoms with van der Waals surface area (Å²) in [6.07, 6.45) is 9.60. The number of imide groups is 2. The van der Waals surface area contributed by atoms with E-state index in [2.05, 4.69) is 15.2 Å². The van der Waals surface area contributed by atoms with Crippen molar-refractivity contribution in [3.63, 3.8) is 0 Å². The number of allylic oxidation sites excluding steroid dienone is 2. The molecule has 5 amide bonds. The zero-order chi connectivity index (χ0) is 40.7. The number of benzene rings is 2. The van der Waals surface area contributed by atoms with Gasteiger partial charge in [0.15, 0.2) is 0 Å². The lowest BCUT2D eigenvalue weighted by Crippen LogP contribution is -2.54. The van der Waals surface area contributed by atoms with Crippen LogP contribution in [0.5, 0.6) is 0 Å². The van der Waals surface area contributed by atoms with Crippen molar-refractivity contribution >= 4 is 51.8 Å². The van der Waals surface area contributed by atoms with Crippen molar-refractivity contribution in [3.8, 4) is 11.4 Å². The van der Waals surface area contributed by atoms with Gasteiger partial charge in [-0.3, -0.25) is 34.2 Å². The number of hydroxylamine groups is 1. The maximum atomic E-state index is 15.0. The normalized spacial score (nSPS) is 27.1. The zero-order valence-corrected chi connectivity index (χ0v) is 32.3. The molecular weight excluding hydrogens is 763 g/mol. The minimum absolute atomic E-state index is 0.0280. The number of aromatic nitrogens is 3. The molecule has 16 heteroatoms. The number of piperidine rings is 1. The van der Waals surface area contributed by atoms with Gasteiger partial charge in [-0.2, -0.15) is 0 Å². The minimum Gasteiger partial charge on any atom is -0.371 e. The molecule has 4 fully saturated rings. The lowest BCUT2D eigenvalue weighted by atomic mass is 9.61. The molecule has 2 saturated heterocycles. The largest absolute Gasteiger partial charge is 0.371 e. The number of aromatic amines is 1. The molecule has 6 heterocycles. The van der Waals surface area contributed by atoms with Gasteiger partial charge in [-0.1, -0.05) is 13.0 Å². The predicted octanol–water partition coefficient (Wildman–Crippen LogP) is 4.98. The number of carbonyl (C=O) groups excluding carboxylic acids is 5.